The number of ketones is 1. The molecule has 4 nitrogen and oxygen atoms in total. The van der Waals surface area contributed by atoms with Gasteiger partial charge in [0, 0.05) is 24.1 Å². The summed E-state index contributed by atoms with van der Waals surface area (Å²) in [6.07, 6.45) is 4.27. The van der Waals surface area contributed by atoms with E-state index in [9.17, 15) is 9.59 Å². The predicted octanol–water partition coefficient (Wildman–Crippen LogP) is 4.44. The Balaban J connectivity index is 1.61. The first-order chi connectivity index (χ1) is 11.3. The molecule has 0 unspecified atom stereocenters. The molecule has 0 aliphatic carbocycles. The van der Waals surface area contributed by atoms with Gasteiger partial charge in [0.15, 0.2) is 5.78 Å². The van der Waals surface area contributed by atoms with Gasteiger partial charge in [0.05, 0.1) is 0 Å². The average molecular weight is 329 g/mol. The number of ether oxygens (including phenoxy) is 1. The number of rotatable bonds is 3. The second kappa shape index (κ2) is 6.58. The molecule has 4 heteroatoms. The van der Waals surface area contributed by atoms with Crippen LogP contribution in [0.25, 0.3) is 0 Å². The summed E-state index contributed by atoms with van der Waals surface area (Å²) in [4.78, 5) is 26.8. The Morgan fingerprint density at radius 1 is 1.08 bits per heavy atom. The molecule has 0 saturated carbocycles. The minimum Gasteiger partial charge on any atom is -0.444 e. The maximum absolute atomic E-state index is 12.5. The van der Waals surface area contributed by atoms with E-state index in [1.165, 1.54) is 0 Å². The zero-order chi connectivity index (χ0) is 17.3. The largest absolute Gasteiger partial charge is 0.444 e. The normalized spacial score (nSPS) is 26.3. The van der Waals surface area contributed by atoms with Crippen molar-refractivity contribution in [3.8, 4) is 0 Å². The quantitative estimate of drug-likeness (QED) is 0.770. The summed E-state index contributed by atoms with van der Waals surface area (Å²) < 4.78 is 5.56. The third-order valence-electron chi connectivity index (χ3n) is 5.00. The number of piperidine rings is 1. The lowest BCUT2D eigenvalue weighted by atomic mass is 9.86. The molecular weight excluding hydrogens is 302 g/mol. The average Bonchev–Trinajstić information content (AvgIpc) is 2.78. The Labute approximate surface area is 144 Å². The fourth-order valence-corrected chi connectivity index (χ4v) is 4.07. The molecule has 2 aliphatic heterocycles. The van der Waals surface area contributed by atoms with E-state index in [-0.39, 0.29) is 24.0 Å². The van der Waals surface area contributed by atoms with Crippen molar-refractivity contribution in [2.24, 2.45) is 5.92 Å². The molecule has 2 saturated heterocycles. The minimum absolute atomic E-state index is 0.192. The lowest BCUT2D eigenvalue weighted by Crippen LogP contribution is -2.48. The van der Waals surface area contributed by atoms with Crippen molar-refractivity contribution in [2.75, 3.05) is 0 Å². The molecule has 24 heavy (non-hydrogen) atoms. The van der Waals surface area contributed by atoms with Crippen LogP contribution >= 0.6 is 0 Å². The van der Waals surface area contributed by atoms with Crippen LogP contribution in [-0.2, 0) is 4.74 Å². The van der Waals surface area contributed by atoms with Gasteiger partial charge in [-0.3, -0.25) is 4.79 Å². The number of Topliss-reactive ketones (excluding diaryl/α,β-unsaturated/α-hetero) is 1. The van der Waals surface area contributed by atoms with Crippen molar-refractivity contribution in [3.63, 3.8) is 0 Å². The number of carbonyl (C=O) groups is 2. The van der Waals surface area contributed by atoms with Crippen LogP contribution < -0.4 is 0 Å². The number of fused-ring (bicyclic) bond motifs is 2. The highest BCUT2D eigenvalue weighted by Gasteiger charge is 2.45. The van der Waals surface area contributed by atoms with Crippen LogP contribution in [0.3, 0.4) is 0 Å². The van der Waals surface area contributed by atoms with Gasteiger partial charge in [-0.05, 0) is 52.4 Å². The van der Waals surface area contributed by atoms with Crippen molar-refractivity contribution < 1.29 is 14.3 Å². The van der Waals surface area contributed by atoms with E-state index in [4.69, 9.17) is 4.74 Å². The van der Waals surface area contributed by atoms with Crippen molar-refractivity contribution in [1.82, 2.24) is 4.90 Å². The molecule has 0 spiro atoms. The summed E-state index contributed by atoms with van der Waals surface area (Å²) in [5.41, 5.74) is 0.329. The Morgan fingerprint density at radius 3 is 2.21 bits per heavy atom. The molecule has 2 heterocycles. The van der Waals surface area contributed by atoms with Crippen LogP contribution in [0.15, 0.2) is 30.3 Å². The molecule has 1 aromatic carbocycles. The zero-order valence-electron chi connectivity index (χ0n) is 14.8. The molecule has 2 aliphatic rings. The molecule has 1 amide bonds. The van der Waals surface area contributed by atoms with Gasteiger partial charge in [-0.25, -0.2) is 4.79 Å². The third kappa shape index (κ3) is 3.80. The molecular formula is C20H27NO3. The van der Waals surface area contributed by atoms with Gasteiger partial charge in [-0.15, -0.1) is 0 Å². The smallest absolute Gasteiger partial charge is 0.410 e. The highest BCUT2D eigenvalue weighted by molar-refractivity contribution is 5.96. The van der Waals surface area contributed by atoms with Crippen LogP contribution in [0, 0.1) is 5.92 Å². The summed E-state index contributed by atoms with van der Waals surface area (Å²) in [5, 5.41) is 0. The number of hydrogen-bond donors (Lipinski definition) is 0. The molecule has 1 aromatic rings. The SMILES string of the molecule is CC(C)(C)OC(=O)N1[C@@H]2CC[C@H]1C[C@@H](CC(=O)c1ccccc1)C2. The second-order valence-electron chi connectivity index (χ2n) is 8.10. The molecule has 0 radical (unpaired) electrons. The summed E-state index contributed by atoms with van der Waals surface area (Å²) in [6.45, 7) is 5.70. The highest BCUT2D eigenvalue weighted by Crippen LogP contribution is 2.41. The number of carbonyl (C=O) groups excluding carboxylic acids is 2. The second-order valence-corrected chi connectivity index (χ2v) is 8.10. The van der Waals surface area contributed by atoms with Crippen molar-refractivity contribution in [3.05, 3.63) is 35.9 Å². The molecule has 130 valence electrons. The fraction of sp³-hybridized carbons (Fsp3) is 0.600. The number of hydrogen-bond acceptors (Lipinski definition) is 3. The van der Waals surface area contributed by atoms with Crippen molar-refractivity contribution in [2.45, 2.75) is 70.6 Å². The van der Waals surface area contributed by atoms with E-state index in [1.54, 1.807) is 0 Å². The lowest BCUT2D eigenvalue weighted by Gasteiger charge is -2.39. The predicted molar refractivity (Wildman–Crippen MR) is 93.0 cm³/mol. The van der Waals surface area contributed by atoms with Gasteiger partial charge in [0.2, 0.25) is 0 Å². The van der Waals surface area contributed by atoms with E-state index in [2.05, 4.69) is 0 Å². The van der Waals surface area contributed by atoms with Crippen LogP contribution in [0.4, 0.5) is 4.79 Å². The topological polar surface area (TPSA) is 46.6 Å². The molecule has 0 aromatic heterocycles. The standard InChI is InChI=1S/C20H27NO3/c1-20(2,3)24-19(23)21-16-9-10-17(21)12-14(11-16)13-18(22)15-7-5-4-6-8-15/h4-8,14,16-17H,9-13H2,1-3H3/t14-,16+,17-. The minimum atomic E-state index is -0.462. The van der Waals surface area contributed by atoms with E-state index in [1.807, 2.05) is 56.0 Å². The molecule has 3 atom stereocenters. The Morgan fingerprint density at radius 2 is 1.67 bits per heavy atom. The van der Waals surface area contributed by atoms with Crippen molar-refractivity contribution in [1.29, 1.82) is 0 Å². The number of amides is 1. The molecule has 2 fully saturated rings. The zero-order valence-corrected chi connectivity index (χ0v) is 14.8. The molecule has 0 N–H and O–H groups in total. The first kappa shape index (κ1) is 17.0. The van der Waals surface area contributed by atoms with Crippen LogP contribution in [0.5, 0.6) is 0 Å². The van der Waals surface area contributed by atoms with E-state index in [0.29, 0.717) is 12.3 Å². The van der Waals surface area contributed by atoms with Crippen molar-refractivity contribution >= 4 is 11.9 Å². The van der Waals surface area contributed by atoms with Crippen LogP contribution in [0.2, 0.25) is 0 Å². The monoisotopic (exact) mass is 329 g/mol. The van der Waals surface area contributed by atoms with Gasteiger partial charge in [0.25, 0.3) is 0 Å². The van der Waals surface area contributed by atoms with Crippen LogP contribution in [0.1, 0.15) is 63.2 Å². The third-order valence-corrected chi connectivity index (χ3v) is 5.00. The summed E-state index contributed by atoms with van der Waals surface area (Å²) in [7, 11) is 0. The summed E-state index contributed by atoms with van der Waals surface area (Å²) >= 11 is 0. The van der Waals surface area contributed by atoms with Gasteiger partial charge >= 0.3 is 6.09 Å². The maximum atomic E-state index is 12.5. The van der Waals surface area contributed by atoms with E-state index < -0.39 is 5.60 Å². The Bertz CT molecular complexity index is 591. The first-order valence-electron chi connectivity index (χ1n) is 8.93. The Kier molecular flexibility index (Phi) is 4.66. The summed E-state index contributed by atoms with van der Waals surface area (Å²) in [5.74, 6) is 0.583. The Hall–Kier alpha value is -1.84. The first-order valence-corrected chi connectivity index (χ1v) is 8.93. The number of benzene rings is 1. The molecule has 3 rings (SSSR count). The van der Waals surface area contributed by atoms with Gasteiger partial charge in [-0.1, -0.05) is 30.3 Å². The lowest BCUT2D eigenvalue weighted by molar-refractivity contribution is 0.00203. The van der Waals surface area contributed by atoms with Crippen LogP contribution in [-0.4, -0.2) is 34.5 Å². The number of nitrogens with zero attached hydrogens (tertiary/aromatic N) is 1. The van der Waals surface area contributed by atoms with Gasteiger partial charge in [0.1, 0.15) is 5.60 Å². The van der Waals surface area contributed by atoms with E-state index >= 15 is 0 Å². The maximum Gasteiger partial charge on any atom is 0.410 e. The van der Waals surface area contributed by atoms with Gasteiger partial charge < -0.3 is 9.64 Å². The summed E-state index contributed by atoms with van der Waals surface area (Å²) in [6, 6.07) is 9.96. The van der Waals surface area contributed by atoms with Gasteiger partial charge in [-0.2, -0.15) is 0 Å². The highest BCUT2D eigenvalue weighted by atomic mass is 16.6. The molecule has 2 bridgehead atoms. The fourth-order valence-electron chi connectivity index (χ4n) is 4.07. The van der Waals surface area contributed by atoms with E-state index in [0.717, 1.165) is 31.2 Å².